The number of rotatable bonds is 7. The summed E-state index contributed by atoms with van der Waals surface area (Å²) in [7, 11) is 1.81. The number of amides is 2. The molecule has 1 atom stereocenters. The molecule has 1 rings (SSSR count). The highest BCUT2D eigenvalue weighted by Crippen LogP contribution is 2.11. The van der Waals surface area contributed by atoms with Gasteiger partial charge >= 0.3 is 0 Å². The molecule has 118 valence electrons. The average molecular weight is 379 g/mol. The highest BCUT2D eigenvalue weighted by atomic mass is 79.9. The highest BCUT2D eigenvalue weighted by molar-refractivity contribution is 9.10. The summed E-state index contributed by atoms with van der Waals surface area (Å²) in [6.07, 6.45) is 0. The first-order valence-electron chi connectivity index (χ1n) is 6.50. The summed E-state index contributed by atoms with van der Waals surface area (Å²) in [5, 5.41) is 8.49. The number of benzene rings is 1. The van der Waals surface area contributed by atoms with Crippen molar-refractivity contribution in [1.82, 2.24) is 16.0 Å². The maximum Gasteiger partial charge on any atom is 0.251 e. The van der Waals surface area contributed by atoms with Crippen molar-refractivity contribution in [2.45, 2.75) is 6.92 Å². The van der Waals surface area contributed by atoms with Gasteiger partial charge in [0.05, 0.1) is 0 Å². The van der Waals surface area contributed by atoms with Gasteiger partial charge < -0.3 is 16.0 Å². The quantitative estimate of drug-likeness (QED) is 0.631. The Kier molecular flexibility index (Phi) is 10.0. The fourth-order valence-electron chi connectivity index (χ4n) is 1.67. The molecule has 1 aromatic carbocycles. The Balaban J connectivity index is 0.00000400. The van der Waals surface area contributed by atoms with Gasteiger partial charge in [-0.3, -0.25) is 9.59 Å². The van der Waals surface area contributed by atoms with E-state index in [0.29, 0.717) is 25.2 Å². The van der Waals surface area contributed by atoms with Crippen LogP contribution in [0.3, 0.4) is 0 Å². The predicted octanol–water partition coefficient (Wildman–Crippen LogP) is 1.57. The summed E-state index contributed by atoms with van der Waals surface area (Å²) in [6.45, 7) is 3.32. The van der Waals surface area contributed by atoms with Gasteiger partial charge in [-0.15, -0.1) is 12.4 Å². The van der Waals surface area contributed by atoms with Crippen molar-refractivity contribution in [1.29, 1.82) is 0 Å². The van der Waals surface area contributed by atoms with Gasteiger partial charge in [-0.2, -0.15) is 0 Å². The first-order chi connectivity index (χ1) is 9.54. The van der Waals surface area contributed by atoms with E-state index in [0.717, 1.165) is 4.47 Å². The summed E-state index contributed by atoms with van der Waals surface area (Å²) in [5.74, 6) is -0.249. The Bertz CT molecular complexity index is 471. The summed E-state index contributed by atoms with van der Waals surface area (Å²) >= 11 is 3.32. The van der Waals surface area contributed by atoms with Gasteiger partial charge in [-0.25, -0.2) is 0 Å². The summed E-state index contributed by atoms with van der Waals surface area (Å²) in [4.78, 5) is 23.4. The van der Waals surface area contributed by atoms with E-state index in [9.17, 15) is 9.59 Å². The summed E-state index contributed by atoms with van der Waals surface area (Å²) in [5.41, 5.74) is 0.592. The molecular weight excluding hydrogens is 358 g/mol. The fraction of sp³-hybridized carbons (Fsp3) is 0.429. The molecule has 0 fully saturated rings. The van der Waals surface area contributed by atoms with E-state index >= 15 is 0 Å². The smallest absolute Gasteiger partial charge is 0.251 e. The van der Waals surface area contributed by atoms with Crippen molar-refractivity contribution in [3.8, 4) is 0 Å². The van der Waals surface area contributed by atoms with Crippen LogP contribution in [0.5, 0.6) is 0 Å². The fourth-order valence-corrected chi connectivity index (χ4v) is 2.07. The van der Waals surface area contributed by atoms with Crippen molar-refractivity contribution in [3.05, 3.63) is 34.3 Å². The van der Waals surface area contributed by atoms with Gasteiger partial charge in [0.2, 0.25) is 5.91 Å². The highest BCUT2D eigenvalue weighted by Gasteiger charge is 2.11. The van der Waals surface area contributed by atoms with Crippen molar-refractivity contribution >= 4 is 40.2 Å². The Morgan fingerprint density at radius 1 is 1.24 bits per heavy atom. The minimum absolute atomic E-state index is 0. The second kappa shape index (κ2) is 10.6. The number of carbonyl (C=O) groups excluding carboxylic acids is 2. The summed E-state index contributed by atoms with van der Waals surface area (Å²) in [6, 6.07) is 7.16. The van der Waals surface area contributed by atoms with Crippen LogP contribution in [-0.2, 0) is 4.79 Å². The van der Waals surface area contributed by atoms with Crippen molar-refractivity contribution in [2.24, 2.45) is 5.92 Å². The molecule has 0 saturated heterocycles. The standard InChI is InChI=1S/C14H20BrN3O2.ClH/c1-10(9-16-2)13(19)17-6-7-18-14(20)11-4-3-5-12(15)8-11;/h3-5,8,10,16H,6-7,9H2,1-2H3,(H,17,19)(H,18,20);1H. The number of hydrogen-bond donors (Lipinski definition) is 3. The largest absolute Gasteiger partial charge is 0.354 e. The zero-order valence-corrected chi connectivity index (χ0v) is 14.5. The SMILES string of the molecule is CNCC(C)C(=O)NCCNC(=O)c1cccc(Br)c1.Cl. The zero-order chi connectivity index (χ0) is 15.0. The molecule has 0 radical (unpaired) electrons. The number of halogens is 2. The van der Waals surface area contributed by atoms with Crippen LogP contribution in [0.15, 0.2) is 28.7 Å². The Hall–Kier alpha value is -1.11. The number of nitrogens with one attached hydrogen (secondary N) is 3. The molecule has 0 bridgehead atoms. The third-order valence-corrected chi connectivity index (χ3v) is 3.25. The lowest BCUT2D eigenvalue weighted by Gasteiger charge is -2.12. The number of carbonyl (C=O) groups is 2. The molecule has 21 heavy (non-hydrogen) atoms. The molecule has 0 heterocycles. The van der Waals surface area contributed by atoms with E-state index < -0.39 is 0 Å². The van der Waals surface area contributed by atoms with Crippen LogP contribution >= 0.6 is 28.3 Å². The third kappa shape index (κ3) is 7.45. The average Bonchev–Trinajstić information content (AvgIpc) is 2.43. The van der Waals surface area contributed by atoms with Crippen LogP contribution in [-0.4, -0.2) is 38.5 Å². The van der Waals surface area contributed by atoms with Crippen molar-refractivity contribution in [2.75, 3.05) is 26.7 Å². The molecular formula is C14H21BrClN3O2. The van der Waals surface area contributed by atoms with Gasteiger partial charge in [-0.05, 0) is 25.2 Å². The molecule has 0 spiro atoms. The molecule has 0 aliphatic carbocycles. The second-order valence-electron chi connectivity index (χ2n) is 4.52. The maximum absolute atomic E-state index is 11.8. The van der Waals surface area contributed by atoms with Crippen LogP contribution in [0.25, 0.3) is 0 Å². The minimum Gasteiger partial charge on any atom is -0.354 e. The maximum atomic E-state index is 11.8. The molecule has 2 amide bonds. The molecule has 1 aromatic rings. The van der Waals surface area contributed by atoms with Crippen molar-refractivity contribution in [3.63, 3.8) is 0 Å². The zero-order valence-electron chi connectivity index (χ0n) is 12.1. The van der Waals surface area contributed by atoms with E-state index in [1.54, 1.807) is 18.2 Å². The normalized spacial score (nSPS) is 11.2. The first kappa shape index (κ1) is 19.9. The molecule has 3 N–H and O–H groups in total. The topological polar surface area (TPSA) is 70.2 Å². The Morgan fingerprint density at radius 3 is 2.52 bits per heavy atom. The van der Waals surface area contributed by atoms with E-state index in [4.69, 9.17) is 0 Å². The lowest BCUT2D eigenvalue weighted by Crippen LogP contribution is -2.39. The van der Waals surface area contributed by atoms with Crippen molar-refractivity contribution < 1.29 is 9.59 Å². The van der Waals surface area contributed by atoms with E-state index in [-0.39, 0.29) is 30.1 Å². The van der Waals surface area contributed by atoms with Crippen LogP contribution < -0.4 is 16.0 Å². The van der Waals surface area contributed by atoms with Gasteiger partial charge in [0.25, 0.3) is 5.91 Å². The van der Waals surface area contributed by atoms with E-state index in [1.807, 2.05) is 20.0 Å². The lowest BCUT2D eigenvalue weighted by molar-refractivity contribution is -0.124. The van der Waals surface area contributed by atoms with Crippen LogP contribution in [0.4, 0.5) is 0 Å². The van der Waals surface area contributed by atoms with Gasteiger partial charge in [0, 0.05) is 35.6 Å². The molecule has 0 aliphatic heterocycles. The molecule has 7 heteroatoms. The molecule has 5 nitrogen and oxygen atoms in total. The summed E-state index contributed by atoms with van der Waals surface area (Å²) < 4.78 is 0.861. The molecule has 0 aromatic heterocycles. The molecule has 1 unspecified atom stereocenters. The van der Waals surface area contributed by atoms with Gasteiger partial charge in [0.1, 0.15) is 0 Å². The van der Waals surface area contributed by atoms with Crippen LogP contribution in [0, 0.1) is 5.92 Å². The Morgan fingerprint density at radius 2 is 1.90 bits per heavy atom. The van der Waals surface area contributed by atoms with E-state index in [1.165, 1.54) is 0 Å². The predicted molar refractivity (Wildman–Crippen MR) is 89.8 cm³/mol. The molecule has 0 saturated carbocycles. The Labute approximate surface area is 139 Å². The monoisotopic (exact) mass is 377 g/mol. The van der Waals surface area contributed by atoms with Crippen LogP contribution in [0.1, 0.15) is 17.3 Å². The lowest BCUT2D eigenvalue weighted by atomic mass is 10.1. The van der Waals surface area contributed by atoms with Crippen LogP contribution in [0.2, 0.25) is 0 Å². The first-order valence-corrected chi connectivity index (χ1v) is 7.30. The molecule has 0 aliphatic rings. The second-order valence-corrected chi connectivity index (χ2v) is 5.43. The minimum atomic E-state index is -0.149. The number of hydrogen-bond acceptors (Lipinski definition) is 3. The van der Waals surface area contributed by atoms with E-state index in [2.05, 4.69) is 31.9 Å². The third-order valence-electron chi connectivity index (χ3n) is 2.75. The van der Waals surface area contributed by atoms with Gasteiger partial charge in [-0.1, -0.05) is 28.9 Å². The van der Waals surface area contributed by atoms with Gasteiger partial charge in [0.15, 0.2) is 0 Å².